The van der Waals surface area contributed by atoms with Crippen LogP contribution in [-0.2, 0) is 19.1 Å². The molecule has 126 valence electrons. The van der Waals surface area contributed by atoms with Crippen molar-refractivity contribution in [3.8, 4) is 0 Å². The molecule has 1 aliphatic heterocycles. The van der Waals surface area contributed by atoms with Crippen molar-refractivity contribution in [3.05, 3.63) is 0 Å². The Balaban J connectivity index is 2.33. The van der Waals surface area contributed by atoms with Crippen LogP contribution in [0.15, 0.2) is 0 Å². The van der Waals surface area contributed by atoms with Gasteiger partial charge in [-0.25, -0.2) is 9.59 Å². The molecule has 1 aliphatic rings. The number of nitrogens with one attached hydrogen (secondary N) is 1. The summed E-state index contributed by atoms with van der Waals surface area (Å²) in [6.45, 7) is 8.45. The summed E-state index contributed by atoms with van der Waals surface area (Å²) in [5, 5.41) is 2.34. The van der Waals surface area contributed by atoms with Gasteiger partial charge >= 0.3 is 18.0 Å². The molecule has 1 N–H and O–H groups in total. The van der Waals surface area contributed by atoms with Gasteiger partial charge < -0.3 is 14.8 Å². The van der Waals surface area contributed by atoms with Crippen LogP contribution in [0.25, 0.3) is 0 Å². The Bertz CT molecular complexity index is 447. The minimum absolute atomic E-state index is 0.0324. The highest BCUT2D eigenvalue weighted by Crippen LogP contribution is 2.34. The van der Waals surface area contributed by atoms with E-state index in [0.717, 1.165) is 6.42 Å². The fourth-order valence-electron chi connectivity index (χ4n) is 2.59. The molecule has 1 amide bonds. The maximum atomic E-state index is 11.8. The minimum atomic E-state index is -0.771. The van der Waals surface area contributed by atoms with Gasteiger partial charge in [0.05, 0.1) is 6.61 Å². The van der Waals surface area contributed by atoms with Gasteiger partial charge in [-0.15, -0.1) is 11.6 Å². The lowest BCUT2D eigenvalue weighted by Gasteiger charge is -2.33. The smallest absolute Gasteiger partial charge is 0.415 e. The summed E-state index contributed by atoms with van der Waals surface area (Å²) >= 11 is 5.92. The van der Waals surface area contributed by atoms with Crippen molar-refractivity contribution in [2.45, 2.75) is 53.0 Å². The van der Waals surface area contributed by atoms with Gasteiger partial charge in [-0.3, -0.25) is 4.79 Å². The molecule has 1 rings (SSSR count). The van der Waals surface area contributed by atoms with Crippen molar-refractivity contribution < 1.29 is 23.9 Å². The Labute approximate surface area is 135 Å². The second-order valence-corrected chi connectivity index (χ2v) is 7.51. The second-order valence-electron chi connectivity index (χ2n) is 7.24. The van der Waals surface area contributed by atoms with Crippen LogP contribution in [0.3, 0.4) is 0 Å². The molecule has 6 nitrogen and oxygen atoms in total. The molecule has 7 heteroatoms. The number of hydrogen-bond donors (Lipinski definition) is 1. The van der Waals surface area contributed by atoms with Crippen LogP contribution < -0.4 is 5.32 Å². The highest BCUT2D eigenvalue weighted by Gasteiger charge is 2.33. The number of carbonyl (C=O) groups excluding carboxylic acids is 3. The Morgan fingerprint density at radius 3 is 2.41 bits per heavy atom. The van der Waals surface area contributed by atoms with E-state index in [1.165, 1.54) is 0 Å². The summed E-state index contributed by atoms with van der Waals surface area (Å²) in [7, 11) is 0. The van der Waals surface area contributed by atoms with Crippen LogP contribution in [-0.4, -0.2) is 36.6 Å². The molecule has 0 aromatic carbocycles. The van der Waals surface area contributed by atoms with Crippen molar-refractivity contribution in [2.24, 2.45) is 10.8 Å². The van der Waals surface area contributed by atoms with Crippen LogP contribution in [0.4, 0.5) is 4.79 Å². The average Bonchev–Trinajstić information content (AvgIpc) is 2.71. The highest BCUT2D eigenvalue weighted by atomic mass is 35.5. The number of amides is 1. The molecule has 22 heavy (non-hydrogen) atoms. The molecule has 1 atom stereocenters. The third kappa shape index (κ3) is 6.22. The third-order valence-electron chi connectivity index (χ3n) is 3.35. The summed E-state index contributed by atoms with van der Waals surface area (Å²) in [5.74, 6) is -0.513. The molecule has 0 aromatic heterocycles. The van der Waals surface area contributed by atoms with Crippen molar-refractivity contribution in [1.29, 1.82) is 0 Å². The highest BCUT2D eigenvalue weighted by molar-refractivity contribution is 6.18. The summed E-state index contributed by atoms with van der Waals surface area (Å²) in [4.78, 5) is 33.8. The van der Waals surface area contributed by atoms with E-state index in [-0.39, 0.29) is 30.3 Å². The first kappa shape index (κ1) is 18.7. The second kappa shape index (κ2) is 7.31. The lowest BCUT2D eigenvalue weighted by molar-refractivity contribution is -0.147. The number of ether oxygens (including phenoxy) is 2. The molecule has 0 spiro atoms. The Morgan fingerprint density at radius 1 is 1.27 bits per heavy atom. The monoisotopic (exact) mass is 333 g/mol. The van der Waals surface area contributed by atoms with E-state index in [9.17, 15) is 14.4 Å². The van der Waals surface area contributed by atoms with Gasteiger partial charge in [-0.2, -0.15) is 0 Å². The zero-order chi connectivity index (χ0) is 17.0. The van der Waals surface area contributed by atoms with Crippen LogP contribution in [0.1, 0.15) is 47.0 Å². The first-order chi connectivity index (χ1) is 10.0. The van der Waals surface area contributed by atoms with Gasteiger partial charge in [-0.1, -0.05) is 27.7 Å². The van der Waals surface area contributed by atoms with Gasteiger partial charge in [0.1, 0.15) is 6.04 Å². The fourth-order valence-corrected chi connectivity index (χ4v) is 2.68. The van der Waals surface area contributed by atoms with Gasteiger partial charge in [0.2, 0.25) is 0 Å². The quantitative estimate of drug-likeness (QED) is 0.419. The predicted octanol–water partition coefficient (Wildman–Crippen LogP) is 2.63. The molecule has 0 bridgehead atoms. The SMILES string of the molecule is CC(C)(CCl)CC(C)(C)COC(=O)CC[C@@H]1NC(=O)OC1=O. The number of alkyl carbamates (subject to hydrolysis) is 1. The average molecular weight is 334 g/mol. The lowest BCUT2D eigenvalue weighted by Crippen LogP contribution is -2.31. The Hall–Kier alpha value is -1.30. The number of carbonyl (C=O) groups is 3. The third-order valence-corrected chi connectivity index (χ3v) is 4.07. The summed E-state index contributed by atoms with van der Waals surface area (Å²) in [6, 6.07) is -0.761. The maximum absolute atomic E-state index is 11.8. The normalized spacial score (nSPS) is 18.9. The Morgan fingerprint density at radius 2 is 1.91 bits per heavy atom. The topological polar surface area (TPSA) is 81.7 Å². The van der Waals surface area contributed by atoms with E-state index in [1.807, 2.05) is 13.8 Å². The van der Waals surface area contributed by atoms with Crippen molar-refractivity contribution in [1.82, 2.24) is 5.32 Å². The number of hydrogen-bond acceptors (Lipinski definition) is 5. The van der Waals surface area contributed by atoms with Crippen molar-refractivity contribution in [2.75, 3.05) is 12.5 Å². The van der Waals surface area contributed by atoms with E-state index in [4.69, 9.17) is 16.3 Å². The molecule has 1 heterocycles. The van der Waals surface area contributed by atoms with Gasteiger partial charge in [0.15, 0.2) is 0 Å². The molecule has 1 saturated heterocycles. The van der Waals surface area contributed by atoms with Gasteiger partial charge in [0, 0.05) is 12.3 Å². The number of halogens is 1. The Kier molecular flexibility index (Phi) is 6.23. The molecule has 0 aliphatic carbocycles. The minimum Gasteiger partial charge on any atom is -0.465 e. The number of alkyl halides is 1. The molecule has 1 fully saturated rings. The number of esters is 2. The maximum Gasteiger partial charge on any atom is 0.415 e. The molecular weight excluding hydrogens is 310 g/mol. The van der Waals surface area contributed by atoms with E-state index in [1.54, 1.807) is 0 Å². The van der Waals surface area contributed by atoms with Gasteiger partial charge in [-0.05, 0) is 23.7 Å². The van der Waals surface area contributed by atoms with Crippen LogP contribution in [0.5, 0.6) is 0 Å². The molecule has 0 aromatic rings. The van der Waals surface area contributed by atoms with Crippen molar-refractivity contribution in [3.63, 3.8) is 0 Å². The van der Waals surface area contributed by atoms with Crippen LogP contribution in [0.2, 0.25) is 0 Å². The lowest BCUT2D eigenvalue weighted by atomic mass is 9.77. The standard InChI is InChI=1S/C15H24ClNO5/c1-14(2,8-16)7-15(3,4)9-21-11(18)6-5-10-12(19)22-13(20)17-10/h10H,5-9H2,1-4H3,(H,17,20)/t10-/m0/s1. The molecule has 0 unspecified atom stereocenters. The zero-order valence-corrected chi connectivity index (χ0v) is 14.3. The molecular formula is C15H24ClNO5. The first-order valence-electron chi connectivity index (χ1n) is 7.28. The van der Waals surface area contributed by atoms with E-state index in [2.05, 4.69) is 23.9 Å². The van der Waals surface area contributed by atoms with E-state index < -0.39 is 24.1 Å². The largest absolute Gasteiger partial charge is 0.465 e. The number of rotatable bonds is 8. The molecule has 0 saturated carbocycles. The molecule has 0 radical (unpaired) electrons. The fraction of sp³-hybridized carbons (Fsp3) is 0.800. The summed E-state index contributed by atoms with van der Waals surface area (Å²) in [6.07, 6.45) is 0.279. The predicted molar refractivity (Wildman–Crippen MR) is 81.5 cm³/mol. The summed E-state index contributed by atoms with van der Waals surface area (Å²) < 4.78 is 9.61. The van der Waals surface area contributed by atoms with Crippen molar-refractivity contribution >= 4 is 29.6 Å². The number of cyclic esters (lactones) is 2. The summed E-state index contributed by atoms with van der Waals surface area (Å²) in [5.41, 5.74) is -0.218. The zero-order valence-electron chi connectivity index (χ0n) is 13.5. The first-order valence-corrected chi connectivity index (χ1v) is 7.82. The van der Waals surface area contributed by atoms with E-state index >= 15 is 0 Å². The van der Waals surface area contributed by atoms with E-state index in [0.29, 0.717) is 5.88 Å². The van der Waals surface area contributed by atoms with Gasteiger partial charge in [0.25, 0.3) is 0 Å². The van der Waals surface area contributed by atoms with Crippen LogP contribution >= 0.6 is 11.6 Å². The van der Waals surface area contributed by atoms with Crippen LogP contribution in [0, 0.1) is 10.8 Å².